The summed E-state index contributed by atoms with van der Waals surface area (Å²) >= 11 is 1.41. The van der Waals surface area contributed by atoms with Crippen LogP contribution in [-0.4, -0.2) is 36.3 Å². The van der Waals surface area contributed by atoms with Crippen LogP contribution in [0.25, 0.3) is 0 Å². The van der Waals surface area contributed by atoms with Crippen molar-refractivity contribution in [3.05, 3.63) is 0 Å². The molecule has 0 spiro atoms. The van der Waals surface area contributed by atoms with Crippen molar-refractivity contribution in [3.8, 4) is 0 Å². The fraction of sp³-hybridized carbons (Fsp3) is 1.00. The molecule has 0 amide bonds. The molecule has 1 aliphatic heterocycles. The molecule has 0 saturated carbocycles. The minimum Gasteiger partial charge on any atom is -0.326 e. The Morgan fingerprint density at radius 1 is 1.60 bits per heavy atom. The molecular formula is C6H15N3S. The van der Waals surface area contributed by atoms with E-state index in [1.54, 1.807) is 0 Å². The van der Waals surface area contributed by atoms with Crippen molar-refractivity contribution >= 4 is 11.9 Å². The molecular weight excluding hydrogens is 146 g/mol. The maximum absolute atomic E-state index is 5.72. The average molecular weight is 161 g/mol. The lowest BCUT2D eigenvalue weighted by Gasteiger charge is -2.12. The summed E-state index contributed by atoms with van der Waals surface area (Å²) in [5.74, 6) is 1.02. The van der Waals surface area contributed by atoms with Gasteiger partial charge < -0.3 is 10.6 Å². The predicted molar refractivity (Wildman–Crippen MR) is 45.7 cm³/mol. The number of likely N-dealkylation sites (tertiary alicyclic amines) is 1. The van der Waals surface area contributed by atoms with Crippen molar-refractivity contribution in [1.29, 1.82) is 0 Å². The number of rotatable bonds is 3. The first kappa shape index (κ1) is 8.33. The molecule has 1 fully saturated rings. The second-order valence-electron chi connectivity index (χ2n) is 2.72. The average Bonchev–Trinajstić information content (AvgIpc) is 2.31. The van der Waals surface area contributed by atoms with Gasteiger partial charge in [0.05, 0.1) is 0 Å². The van der Waals surface area contributed by atoms with Crippen molar-refractivity contribution < 1.29 is 0 Å². The first-order chi connectivity index (χ1) is 4.83. The van der Waals surface area contributed by atoms with Crippen LogP contribution in [0.3, 0.4) is 0 Å². The molecule has 1 aliphatic rings. The molecule has 0 unspecified atom stereocenters. The largest absolute Gasteiger partial charge is 0.326 e. The van der Waals surface area contributed by atoms with E-state index < -0.39 is 0 Å². The van der Waals surface area contributed by atoms with Crippen molar-refractivity contribution in [1.82, 2.24) is 4.90 Å². The summed E-state index contributed by atoms with van der Waals surface area (Å²) in [6.45, 7) is 3.30. The lowest BCUT2D eigenvalue weighted by atomic mass is 10.3. The van der Waals surface area contributed by atoms with Gasteiger partial charge in [0.15, 0.2) is 0 Å². The molecule has 0 aliphatic carbocycles. The lowest BCUT2D eigenvalue weighted by Crippen LogP contribution is -2.28. The van der Waals surface area contributed by atoms with E-state index in [9.17, 15) is 0 Å². The van der Waals surface area contributed by atoms with Gasteiger partial charge in [0.2, 0.25) is 0 Å². The van der Waals surface area contributed by atoms with E-state index in [2.05, 4.69) is 4.90 Å². The first-order valence-corrected chi connectivity index (χ1v) is 4.67. The molecule has 0 aromatic heterocycles. The molecule has 4 heteroatoms. The Labute approximate surface area is 66.3 Å². The smallest absolute Gasteiger partial charge is 0.0204 e. The number of nitrogens with zero attached hydrogens (tertiary/aromatic N) is 1. The molecule has 1 rings (SSSR count). The van der Waals surface area contributed by atoms with Gasteiger partial charge in [-0.25, -0.2) is 0 Å². The third-order valence-electron chi connectivity index (χ3n) is 1.83. The van der Waals surface area contributed by atoms with E-state index in [0.29, 0.717) is 6.04 Å². The number of hydrogen-bond acceptors (Lipinski definition) is 4. The van der Waals surface area contributed by atoms with Crippen molar-refractivity contribution in [2.24, 2.45) is 10.9 Å². The SMILES string of the molecule is NSCCN1CC[C@H](N)C1. The minimum absolute atomic E-state index is 0.405. The number of nitrogens with two attached hydrogens (primary N) is 2. The van der Waals surface area contributed by atoms with Crippen LogP contribution in [0.2, 0.25) is 0 Å². The van der Waals surface area contributed by atoms with Crippen LogP contribution in [0.15, 0.2) is 0 Å². The van der Waals surface area contributed by atoms with Crippen molar-refractivity contribution in [2.75, 3.05) is 25.4 Å². The van der Waals surface area contributed by atoms with E-state index in [1.165, 1.54) is 11.9 Å². The topological polar surface area (TPSA) is 55.3 Å². The van der Waals surface area contributed by atoms with Crippen molar-refractivity contribution in [2.45, 2.75) is 12.5 Å². The quantitative estimate of drug-likeness (QED) is 0.554. The Morgan fingerprint density at radius 2 is 2.40 bits per heavy atom. The minimum atomic E-state index is 0.405. The summed E-state index contributed by atoms with van der Waals surface area (Å²) in [5.41, 5.74) is 5.72. The van der Waals surface area contributed by atoms with E-state index >= 15 is 0 Å². The molecule has 4 N–H and O–H groups in total. The molecule has 1 heterocycles. The Balaban J connectivity index is 2.06. The zero-order valence-corrected chi connectivity index (χ0v) is 6.94. The summed E-state index contributed by atoms with van der Waals surface area (Å²) in [6.07, 6.45) is 1.15. The monoisotopic (exact) mass is 161 g/mol. The molecule has 0 bridgehead atoms. The molecule has 10 heavy (non-hydrogen) atoms. The van der Waals surface area contributed by atoms with Gasteiger partial charge in [-0.15, -0.1) is 0 Å². The van der Waals surface area contributed by atoms with Gasteiger partial charge in [-0.05, 0) is 13.0 Å². The second-order valence-corrected chi connectivity index (χ2v) is 3.46. The molecule has 1 saturated heterocycles. The highest BCUT2D eigenvalue weighted by Gasteiger charge is 2.17. The van der Waals surface area contributed by atoms with Crippen LogP contribution in [0.5, 0.6) is 0 Å². The predicted octanol–water partition coefficient (Wildman–Crippen LogP) is -0.374. The maximum Gasteiger partial charge on any atom is 0.0204 e. The highest BCUT2D eigenvalue weighted by molar-refractivity contribution is 7.97. The van der Waals surface area contributed by atoms with Crippen LogP contribution in [-0.2, 0) is 0 Å². The molecule has 0 aromatic rings. The third kappa shape index (κ3) is 2.46. The van der Waals surface area contributed by atoms with E-state index in [4.69, 9.17) is 10.9 Å². The van der Waals surface area contributed by atoms with Gasteiger partial charge in [0, 0.05) is 24.9 Å². The van der Waals surface area contributed by atoms with Crippen LogP contribution in [0.4, 0.5) is 0 Å². The van der Waals surface area contributed by atoms with Crippen LogP contribution in [0.1, 0.15) is 6.42 Å². The lowest BCUT2D eigenvalue weighted by molar-refractivity contribution is 0.357. The molecule has 1 atom stereocenters. The Hall–Kier alpha value is 0.230. The van der Waals surface area contributed by atoms with E-state index in [-0.39, 0.29) is 0 Å². The highest BCUT2D eigenvalue weighted by atomic mass is 32.2. The molecule has 0 radical (unpaired) electrons. The number of hydrogen-bond donors (Lipinski definition) is 2. The third-order valence-corrected chi connectivity index (χ3v) is 2.25. The fourth-order valence-corrected chi connectivity index (χ4v) is 1.61. The van der Waals surface area contributed by atoms with Crippen LogP contribution in [0, 0.1) is 0 Å². The normalized spacial score (nSPS) is 27.6. The summed E-state index contributed by atoms with van der Waals surface area (Å²) in [5, 5.41) is 5.30. The van der Waals surface area contributed by atoms with Crippen molar-refractivity contribution in [3.63, 3.8) is 0 Å². The zero-order chi connectivity index (χ0) is 7.40. The van der Waals surface area contributed by atoms with E-state index in [0.717, 1.165) is 31.8 Å². The summed E-state index contributed by atoms with van der Waals surface area (Å²) in [7, 11) is 0. The second kappa shape index (κ2) is 4.18. The maximum atomic E-state index is 5.72. The van der Waals surface area contributed by atoms with Gasteiger partial charge in [-0.3, -0.25) is 5.14 Å². The van der Waals surface area contributed by atoms with Gasteiger partial charge in [0.1, 0.15) is 0 Å². The summed E-state index contributed by atoms with van der Waals surface area (Å²) in [6, 6.07) is 0.405. The highest BCUT2D eigenvalue weighted by Crippen LogP contribution is 2.06. The Morgan fingerprint density at radius 3 is 2.90 bits per heavy atom. The molecule has 0 aromatic carbocycles. The van der Waals surface area contributed by atoms with Gasteiger partial charge in [-0.1, -0.05) is 11.9 Å². The van der Waals surface area contributed by atoms with Crippen LogP contribution < -0.4 is 10.9 Å². The molecule has 3 nitrogen and oxygen atoms in total. The standard InChI is InChI=1S/C6H15N3S/c7-6-1-2-9(5-6)3-4-10-8/h6H,1-5,7-8H2/t6-/m0/s1. The van der Waals surface area contributed by atoms with Crippen LogP contribution >= 0.6 is 11.9 Å². The van der Waals surface area contributed by atoms with Gasteiger partial charge in [0.25, 0.3) is 0 Å². The summed E-state index contributed by atoms with van der Waals surface area (Å²) < 4.78 is 0. The molecule has 60 valence electrons. The fourth-order valence-electron chi connectivity index (χ4n) is 1.25. The van der Waals surface area contributed by atoms with Gasteiger partial charge >= 0.3 is 0 Å². The van der Waals surface area contributed by atoms with E-state index in [1.807, 2.05) is 0 Å². The summed E-state index contributed by atoms with van der Waals surface area (Å²) in [4.78, 5) is 2.37. The Bertz CT molecular complexity index is 99.0. The first-order valence-electron chi connectivity index (χ1n) is 3.62. The van der Waals surface area contributed by atoms with Gasteiger partial charge in [-0.2, -0.15) is 0 Å². The Kier molecular flexibility index (Phi) is 3.48. The zero-order valence-electron chi connectivity index (χ0n) is 6.12.